The lowest BCUT2D eigenvalue weighted by molar-refractivity contribution is -0.0191. The normalized spacial score (nSPS) is 24.6. The minimum absolute atomic E-state index is 0.210. The average Bonchev–Trinajstić information content (AvgIpc) is 2.59. The molecule has 3 atom stereocenters. The largest absolute Gasteiger partial charge is 0.493 e. The average molecular weight is 416 g/mol. The second kappa shape index (κ2) is 9.43. The van der Waals surface area contributed by atoms with Gasteiger partial charge in [-0.15, -0.1) is 0 Å². The second-order valence-corrected chi connectivity index (χ2v) is 9.56. The lowest BCUT2D eigenvalue weighted by Crippen LogP contribution is -2.48. The molecule has 2 N–H and O–H groups in total. The summed E-state index contributed by atoms with van der Waals surface area (Å²) >= 11 is 0. The first kappa shape index (κ1) is 22.9. The van der Waals surface area contributed by atoms with Gasteiger partial charge in [-0.3, -0.25) is 9.45 Å². The Kier molecular flexibility index (Phi) is 7.73. The predicted molar refractivity (Wildman–Crippen MR) is 109 cm³/mol. The second-order valence-electron chi connectivity index (χ2n) is 8.09. The monoisotopic (exact) mass is 415 g/mol. The Morgan fingerprint density at radius 1 is 1.21 bits per heavy atom. The minimum atomic E-state index is -3.67. The third-order valence-electron chi connectivity index (χ3n) is 5.37. The van der Waals surface area contributed by atoms with Crippen LogP contribution >= 0.6 is 0 Å². The molecule has 7 nitrogen and oxygen atoms in total. The molecular weight excluding hydrogens is 382 g/mol. The fourth-order valence-electron chi connectivity index (χ4n) is 4.26. The summed E-state index contributed by atoms with van der Waals surface area (Å²) in [5.74, 6) is 2.61. The Bertz CT molecular complexity index is 756. The zero-order valence-corrected chi connectivity index (χ0v) is 18.2. The number of fused-ring (bicyclic) bond motifs is 3. The number of hydrogen-bond acceptors (Lipinski definition) is 6. The summed E-state index contributed by atoms with van der Waals surface area (Å²) in [6, 6.07) is 4.52. The van der Waals surface area contributed by atoms with Crippen molar-refractivity contribution in [3.05, 3.63) is 23.3 Å². The van der Waals surface area contributed by atoms with Crippen molar-refractivity contribution in [3.63, 3.8) is 0 Å². The van der Waals surface area contributed by atoms with Crippen LogP contribution in [-0.2, 0) is 16.5 Å². The van der Waals surface area contributed by atoms with Crippen LogP contribution < -0.4 is 9.47 Å². The van der Waals surface area contributed by atoms with Crippen molar-refractivity contribution in [3.8, 4) is 11.5 Å². The van der Waals surface area contributed by atoms with E-state index in [0.717, 1.165) is 43.9 Å². The van der Waals surface area contributed by atoms with Crippen molar-refractivity contribution in [2.75, 3.05) is 33.6 Å². The molecule has 28 heavy (non-hydrogen) atoms. The van der Waals surface area contributed by atoms with E-state index in [2.05, 4.69) is 30.9 Å². The van der Waals surface area contributed by atoms with E-state index < -0.39 is 10.1 Å². The van der Waals surface area contributed by atoms with Gasteiger partial charge in [0.05, 0.1) is 26.6 Å². The molecule has 0 saturated carbocycles. The van der Waals surface area contributed by atoms with Gasteiger partial charge in [-0.25, -0.2) is 0 Å². The van der Waals surface area contributed by atoms with Gasteiger partial charge >= 0.3 is 0 Å². The molecule has 0 spiro atoms. The molecule has 1 saturated heterocycles. The molecule has 1 aromatic carbocycles. The van der Waals surface area contributed by atoms with Gasteiger partial charge in [0.2, 0.25) is 0 Å². The first-order chi connectivity index (χ1) is 13.0. The number of methoxy groups -OCH3 is 2. The molecule has 1 fully saturated rings. The number of aliphatic hydroxyl groups excluding tert-OH is 1. The molecule has 0 amide bonds. The lowest BCUT2D eigenvalue weighted by Gasteiger charge is -2.46. The van der Waals surface area contributed by atoms with Crippen LogP contribution in [0.4, 0.5) is 0 Å². The highest BCUT2D eigenvalue weighted by atomic mass is 32.2. The van der Waals surface area contributed by atoms with Gasteiger partial charge in [0.25, 0.3) is 10.1 Å². The minimum Gasteiger partial charge on any atom is -0.493 e. The number of aliphatic hydroxyl groups is 1. The maximum atomic E-state index is 10.6. The molecule has 3 rings (SSSR count). The molecule has 8 heteroatoms. The molecule has 0 unspecified atom stereocenters. The highest BCUT2D eigenvalue weighted by Crippen LogP contribution is 2.43. The van der Waals surface area contributed by atoms with Crippen LogP contribution in [0.1, 0.15) is 43.9 Å². The summed E-state index contributed by atoms with van der Waals surface area (Å²) in [4.78, 5) is 2.55. The summed E-state index contributed by atoms with van der Waals surface area (Å²) in [5, 5.41) is 10.6. The number of benzene rings is 1. The fourth-order valence-corrected chi connectivity index (χ4v) is 4.26. The van der Waals surface area contributed by atoms with Gasteiger partial charge in [-0.2, -0.15) is 8.42 Å². The van der Waals surface area contributed by atoms with E-state index >= 15 is 0 Å². The number of piperidine rings is 1. The first-order valence-electron chi connectivity index (χ1n) is 9.62. The Morgan fingerprint density at radius 3 is 2.32 bits per heavy atom. The van der Waals surface area contributed by atoms with Crippen molar-refractivity contribution >= 4 is 10.1 Å². The molecule has 0 aliphatic carbocycles. The number of rotatable bonds is 4. The fraction of sp³-hybridized carbons (Fsp3) is 0.700. The maximum absolute atomic E-state index is 10.6. The number of ether oxygens (including phenoxy) is 2. The topological polar surface area (TPSA) is 96.3 Å². The van der Waals surface area contributed by atoms with Crippen molar-refractivity contribution in [2.45, 2.75) is 45.3 Å². The standard InChI is InChI=1S/C19H29NO3.CH4O3S/c1-12(2)7-14-11-20-6-5-13-8-18(22-3)19(23-4)9-15(13)16(20)10-17(14)21;1-5(2,3)4/h8-9,12,14,16-17,21H,5-7,10-11H2,1-4H3;1H3,(H,2,3,4)/t14-,16+,17-;/m0./s1. The van der Waals surface area contributed by atoms with E-state index in [4.69, 9.17) is 14.0 Å². The van der Waals surface area contributed by atoms with Gasteiger partial charge in [-0.1, -0.05) is 13.8 Å². The first-order valence-corrected chi connectivity index (χ1v) is 11.5. The van der Waals surface area contributed by atoms with Crippen LogP contribution in [0.15, 0.2) is 12.1 Å². The van der Waals surface area contributed by atoms with Crippen LogP contribution in [0.2, 0.25) is 0 Å². The summed E-state index contributed by atoms with van der Waals surface area (Å²) in [5.41, 5.74) is 2.63. The molecule has 0 radical (unpaired) electrons. The van der Waals surface area contributed by atoms with Crippen LogP contribution in [0, 0.1) is 11.8 Å². The Morgan fingerprint density at radius 2 is 1.79 bits per heavy atom. The summed E-state index contributed by atoms with van der Waals surface area (Å²) in [7, 11) is -0.306. The molecular formula is C20H33NO6S. The van der Waals surface area contributed by atoms with E-state index in [0.29, 0.717) is 24.1 Å². The van der Waals surface area contributed by atoms with E-state index in [-0.39, 0.29) is 6.10 Å². The predicted octanol–water partition coefficient (Wildman–Crippen LogP) is 2.53. The highest BCUT2D eigenvalue weighted by Gasteiger charge is 2.38. The van der Waals surface area contributed by atoms with Gasteiger partial charge in [-0.05, 0) is 54.4 Å². The molecule has 160 valence electrons. The van der Waals surface area contributed by atoms with Gasteiger partial charge in [0.15, 0.2) is 11.5 Å². The molecule has 2 heterocycles. The zero-order chi connectivity index (χ0) is 21.1. The summed E-state index contributed by atoms with van der Waals surface area (Å²) in [6.07, 6.45) is 3.46. The van der Waals surface area contributed by atoms with E-state index in [1.807, 2.05) is 0 Å². The molecule has 0 aromatic heterocycles. The third-order valence-corrected chi connectivity index (χ3v) is 5.37. The SMILES string of the molecule is COc1cc2c(cc1OC)[C@H]1C[C@H](O)[C@@H](CC(C)C)CN1CC2.CS(=O)(=O)O. The lowest BCUT2D eigenvalue weighted by atomic mass is 9.79. The van der Waals surface area contributed by atoms with E-state index in [1.54, 1.807) is 14.2 Å². The van der Waals surface area contributed by atoms with Gasteiger partial charge in [0, 0.05) is 19.1 Å². The van der Waals surface area contributed by atoms with E-state index in [1.165, 1.54) is 11.1 Å². The quantitative estimate of drug-likeness (QED) is 0.730. The van der Waals surface area contributed by atoms with Crippen LogP contribution in [0.25, 0.3) is 0 Å². The molecule has 2 aliphatic rings. The highest BCUT2D eigenvalue weighted by molar-refractivity contribution is 7.85. The molecule has 1 aromatic rings. The van der Waals surface area contributed by atoms with Crippen molar-refractivity contribution < 1.29 is 27.6 Å². The number of nitrogens with zero attached hydrogens (tertiary/aromatic N) is 1. The van der Waals surface area contributed by atoms with Crippen molar-refractivity contribution in [2.24, 2.45) is 11.8 Å². The summed E-state index contributed by atoms with van der Waals surface area (Å²) in [6.45, 7) is 6.54. The third kappa shape index (κ3) is 6.07. The van der Waals surface area contributed by atoms with Gasteiger partial charge in [0.1, 0.15) is 0 Å². The van der Waals surface area contributed by atoms with Crippen LogP contribution in [-0.4, -0.2) is 62.6 Å². The van der Waals surface area contributed by atoms with Crippen LogP contribution in [0.3, 0.4) is 0 Å². The Labute approximate surface area is 168 Å². The van der Waals surface area contributed by atoms with Gasteiger partial charge < -0.3 is 14.6 Å². The molecule has 0 bridgehead atoms. The Balaban J connectivity index is 0.000000500. The van der Waals surface area contributed by atoms with Crippen molar-refractivity contribution in [1.29, 1.82) is 0 Å². The molecule has 2 aliphatic heterocycles. The summed E-state index contributed by atoms with van der Waals surface area (Å²) < 4.78 is 36.8. The smallest absolute Gasteiger partial charge is 0.261 e. The zero-order valence-electron chi connectivity index (χ0n) is 17.4. The van der Waals surface area contributed by atoms with E-state index in [9.17, 15) is 13.5 Å². The maximum Gasteiger partial charge on any atom is 0.261 e. The van der Waals surface area contributed by atoms with Crippen LogP contribution in [0.5, 0.6) is 11.5 Å². The van der Waals surface area contributed by atoms with Crippen molar-refractivity contribution in [1.82, 2.24) is 4.90 Å². The number of hydrogen-bond donors (Lipinski definition) is 2. The Hall–Kier alpha value is -1.35.